The van der Waals surface area contributed by atoms with Crippen LogP contribution in [0.4, 0.5) is 21.5 Å². The molecule has 0 aliphatic carbocycles. The molecule has 0 bridgehead atoms. The van der Waals surface area contributed by atoms with Gasteiger partial charge in [0.15, 0.2) is 0 Å². The number of hydrogen-bond donors (Lipinski definition) is 1. The fourth-order valence-corrected chi connectivity index (χ4v) is 5.79. The van der Waals surface area contributed by atoms with Crippen LogP contribution >= 0.6 is 0 Å². The Morgan fingerprint density at radius 2 is 1.60 bits per heavy atom. The van der Waals surface area contributed by atoms with Gasteiger partial charge >= 0.3 is 0 Å². The molecule has 0 radical (unpaired) electrons. The number of Topliss-reactive ketones (excluding diaryl/α,β-unsaturated/α-hetero) is 1. The maximum absolute atomic E-state index is 14.3. The van der Waals surface area contributed by atoms with Crippen LogP contribution in [0, 0.1) is 5.82 Å². The Balaban J connectivity index is 1.34. The molecule has 1 saturated heterocycles. The molecule has 11 heteroatoms. The summed E-state index contributed by atoms with van der Waals surface area (Å²) in [6.45, 7) is 2.27. The monoisotopic (exact) mass is 636 g/mol. The second kappa shape index (κ2) is 13.8. The topological polar surface area (TPSA) is 108 Å². The Bertz CT molecular complexity index is 1770. The first-order valence-corrected chi connectivity index (χ1v) is 15.2. The lowest BCUT2D eigenvalue weighted by Gasteiger charge is -2.33. The molecule has 1 fully saturated rings. The second-order valence-corrected chi connectivity index (χ2v) is 11.2. The number of rotatable bonds is 10. The summed E-state index contributed by atoms with van der Waals surface area (Å²) in [5.41, 5.74) is 3.06. The highest BCUT2D eigenvalue weighted by atomic mass is 19.1. The van der Waals surface area contributed by atoms with Crippen molar-refractivity contribution in [1.29, 1.82) is 0 Å². The van der Waals surface area contributed by atoms with Gasteiger partial charge in [-0.05, 0) is 71.8 Å². The molecule has 0 aromatic heterocycles. The molecule has 10 nitrogen and oxygen atoms in total. The number of morpholine rings is 1. The van der Waals surface area contributed by atoms with E-state index in [-0.39, 0.29) is 12.1 Å². The summed E-state index contributed by atoms with van der Waals surface area (Å²) in [5, 5.41) is 2.93. The molecular weight excluding hydrogens is 603 g/mol. The fraction of sp³-hybridized carbons (Fsp3) is 0.222. The zero-order valence-corrected chi connectivity index (χ0v) is 25.7. The first kappa shape index (κ1) is 31.4. The van der Waals surface area contributed by atoms with Gasteiger partial charge in [0.1, 0.15) is 24.2 Å². The number of fused-ring (bicyclic) bond motifs is 1. The first-order valence-electron chi connectivity index (χ1n) is 15.2. The van der Waals surface area contributed by atoms with Crippen LogP contribution in [-0.4, -0.2) is 68.4 Å². The van der Waals surface area contributed by atoms with E-state index < -0.39 is 41.9 Å². The van der Waals surface area contributed by atoms with Crippen LogP contribution in [-0.2, 0) is 25.7 Å². The lowest BCUT2D eigenvalue weighted by atomic mass is 10.0. The van der Waals surface area contributed by atoms with Gasteiger partial charge in [-0.15, -0.1) is 0 Å². The number of amides is 3. The summed E-state index contributed by atoms with van der Waals surface area (Å²) in [6, 6.07) is 25.0. The van der Waals surface area contributed by atoms with Crippen LogP contribution < -0.4 is 19.9 Å². The molecule has 2 heterocycles. The van der Waals surface area contributed by atoms with E-state index in [9.17, 15) is 23.6 Å². The van der Waals surface area contributed by atoms with E-state index in [0.29, 0.717) is 41.5 Å². The zero-order chi connectivity index (χ0) is 32.9. The third-order valence-corrected chi connectivity index (χ3v) is 8.26. The molecule has 1 atom stereocenters. The minimum atomic E-state index is -1.23. The molecule has 1 unspecified atom stereocenters. The Labute approximate surface area is 271 Å². The van der Waals surface area contributed by atoms with Crippen LogP contribution in [0.5, 0.6) is 5.75 Å². The highest BCUT2D eigenvalue weighted by Crippen LogP contribution is 2.31. The Hall–Kier alpha value is -5.55. The van der Waals surface area contributed by atoms with E-state index in [1.807, 2.05) is 12.1 Å². The third-order valence-electron chi connectivity index (χ3n) is 8.26. The van der Waals surface area contributed by atoms with Crippen molar-refractivity contribution in [3.63, 3.8) is 0 Å². The van der Waals surface area contributed by atoms with E-state index in [1.54, 1.807) is 61.7 Å². The molecule has 2 aliphatic heterocycles. The summed E-state index contributed by atoms with van der Waals surface area (Å²) in [4.78, 5) is 58.8. The molecular formula is C36H33FN4O6. The van der Waals surface area contributed by atoms with Gasteiger partial charge < -0.3 is 24.6 Å². The SMILES string of the molecule is COc1ccc(CN(C(=O)CN2C(=O)C(=O)c3ccccc32)C(C(=O)Nc2ccc(N3CCOCC3)cc2)c2ccc(F)cc2)cc1. The number of benzene rings is 4. The number of halogens is 1. The van der Waals surface area contributed by atoms with Gasteiger partial charge in [0, 0.05) is 31.0 Å². The predicted octanol–water partition coefficient (Wildman–Crippen LogP) is 4.61. The van der Waals surface area contributed by atoms with Crippen molar-refractivity contribution < 1.29 is 33.0 Å². The number of hydrogen-bond acceptors (Lipinski definition) is 7. The normalized spacial score (nSPS) is 14.9. The number of methoxy groups -OCH3 is 1. The van der Waals surface area contributed by atoms with E-state index in [1.165, 1.54) is 35.2 Å². The van der Waals surface area contributed by atoms with Crippen LogP contribution in [0.25, 0.3) is 0 Å². The van der Waals surface area contributed by atoms with Gasteiger partial charge in [0.05, 0.1) is 31.6 Å². The lowest BCUT2D eigenvalue weighted by molar-refractivity contribution is -0.139. The van der Waals surface area contributed by atoms with Crippen molar-refractivity contribution in [3.05, 3.63) is 120 Å². The number of carbonyl (C=O) groups excluding carboxylic acids is 4. The zero-order valence-electron chi connectivity index (χ0n) is 25.7. The summed E-state index contributed by atoms with van der Waals surface area (Å²) in [5.74, 6) is -2.56. The second-order valence-electron chi connectivity index (χ2n) is 11.2. The van der Waals surface area contributed by atoms with Gasteiger partial charge in [0.25, 0.3) is 17.6 Å². The van der Waals surface area contributed by atoms with Crippen molar-refractivity contribution in [2.45, 2.75) is 12.6 Å². The number of nitrogens with one attached hydrogen (secondary N) is 1. The van der Waals surface area contributed by atoms with Crippen molar-refractivity contribution >= 4 is 40.6 Å². The van der Waals surface area contributed by atoms with E-state index in [2.05, 4.69) is 10.2 Å². The molecule has 0 spiro atoms. The van der Waals surface area contributed by atoms with E-state index >= 15 is 0 Å². The summed E-state index contributed by atoms with van der Waals surface area (Å²) >= 11 is 0. The highest BCUT2D eigenvalue weighted by molar-refractivity contribution is 6.52. The van der Waals surface area contributed by atoms with Crippen molar-refractivity contribution in [3.8, 4) is 5.75 Å². The number of para-hydroxylation sites is 1. The number of carbonyl (C=O) groups is 4. The van der Waals surface area contributed by atoms with Crippen LogP contribution in [0.1, 0.15) is 27.5 Å². The Morgan fingerprint density at radius 3 is 2.28 bits per heavy atom. The molecule has 6 rings (SSSR count). The van der Waals surface area contributed by atoms with Gasteiger partial charge in [-0.2, -0.15) is 0 Å². The number of nitrogens with zero attached hydrogens (tertiary/aromatic N) is 3. The minimum Gasteiger partial charge on any atom is -0.497 e. The predicted molar refractivity (Wildman–Crippen MR) is 174 cm³/mol. The molecule has 3 amide bonds. The number of ether oxygens (including phenoxy) is 2. The van der Waals surface area contributed by atoms with Crippen LogP contribution in [0.15, 0.2) is 97.1 Å². The Morgan fingerprint density at radius 1 is 0.915 bits per heavy atom. The maximum Gasteiger partial charge on any atom is 0.299 e. The summed E-state index contributed by atoms with van der Waals surface area (Å²) < 4.78 is 24.8. The highest BCUT2D eigenvalue weighted by Gasteiger charge is 2.39. The van der Waals surface area contributed by atoms with Crippen LogP contribution in [0.2, 0.25) is 0 Å². The van der Waals surface area contributed by atoms with E-state index in [0.717, 1.165) is 23.7 Å². The largest absolute Gasteiger partial charge is 0.497 e. The molecule has 4 aromatic carbocycles. The Kier molecular flexibility index (Phi) is 9.25. The summed E-state index contributed by atoms with van der Waals surface area (Å²) in [7, 11) is 1.54. The van der Waals surface area contributed by atoms with Gasteiger partial charge in [-0.3, -0.25) is 24.1 Å². The van der Waals surface area contributed by atoms with Crippen LogP contribution in [0.3, 0.4) is 0 Å². The van der Waals surface area contributed by atoms with Gasteiger partial charge in [-0.1, -0.05) is 36.4 Å². The van der Waals surface area contributed by atoms with E-state index in [4.69, 9.17) is 9.47 Å². The molecule has 1 N–H and O–H groups in total. The quantitative estimate of drug-likeness (QED) is 0.254. The third kappa shape index (κ3) is 6.85. The first-order chi connectivity index (χ1) is 22.8. The lowest BCUT2D eigenvalue weighted by Crippen LogP contribution is -2.46. The van der Waals surface area contributed by atoms with Crippen molar-refractivity contribution in [1.82, 2.24) is 4.90 Å². The van der Waals surface area contributed by atoms with Gasteiger partial charge in [-0.25, -0.2) is 4.39 Å². The van der Waals surface area contributed by atoms with Gasteiger partial charge in [0.2, 0.25) is 5.91 Å². The molecule has 4 aromatic rings. The van der Waals surface area contributed by atoms with Crippen molar-refractivity contribution in [2.75, 3.05) is 55.1 Å². The molecule has 240 valence electrons. The standard InChI is InChI=1S/C36H33FN4O6/c1-46-29-16-6-24(7-17-29)22-41(32(42)23-40-31-5-3-2-4-30(31)34(43)36(40)45)33(25-8-10-26(37)11-9-25)35(44)38-27-12-14-28(15-13-27)39-18-20-47-21-19-39/h2-17,33H,18-23H2,1H3,(H,38,44). The molecule has 2 aliphatic rings. The number of ketones is 1. The average molecular weight is 637 g/mol. The molecule has 47 heavy (non-hydrogen) atoms. The smallest absolute Gasteiger partial charge is 0.299 e. The maximum atomic E-state index is 14.3. The molecule has 0 saturated carbocycles. The minimum absolute atomic E-state index is 0.0358. The average Bonchev–Trinajstić information content (AvgIpc) is 3.34. The number of anilines is 3. The summed E-state index contributed by atoms with van der Waals surface area (Å²) in [6.07, 6.45) is 0. The van der Waals surface area contributed by atoms with Crippen molar-refractivity contribution in [2.24, 2.45) is 0 Å². The fourth-order valence-electron chi connectivity index (χ4n) is 5.79.